The highest BCUT2D eigenvalue weighted by molar-refractivity contribution is 6.29. The van der Waals surface area contributed by atoms with Crippen molar-refractivity contribution in [3.8, 4) is 0 Å². The Hall–Kier alpha value is -0.730. The first kappa shape index (κ1) is 7.90. The maximum Gasteiger partial charge on any atom is 0.106 e. The summed E-state index contributed by atoms with van der Waals surface area (Å²) in [6.45, 7) is 1.05. The minimum Gasteiger partial charge on any atom is -0.352 e. The predicted octanol–water partition coefficient (Wildman–Crippen LogP) is 2.26. The summed E-state index contributed by atoms with van der Waals surface area (Å²) >= 11 is 5.77. The quantitative estimate of drug-likeness (QED) is 0.641. The molecule has 0 amide bonds. The van der Waals surface area contributed by atoms with Crippen LogP contribution in [0.4, 0.5) is 0 Å². The van der Waals surface area contributed by atoms with E-state index in [1.807, 2.05) is 12.3 Å². The summed E-state index contributed by atoms with van der Waals surface area (Å²) in [4.78, 5) is 2.96. The van der Waals surface area contributed by atoms with Crippen LogP contribution in [0.5, 0.6) is 0 Å². The van der Waals surface area contributed by atoms with E-state index in [-0.39, 0.29) is 0 Å². The van der Waals surface area contributed by atoms with Crippen LogP contribution in [0, 0.1) is 0 Å². The lowest BCUT2D eigenvalue weighted by molar-refractivity contribution is 0.601. The number of aromatic amines is 1. The normalized spacial score (nSPS) is 22.9. The van der Waals surface area contributed by atoms with Crippen molar-refractivity contribution < 1.29 is 0 Å². The van der Waals surface area contributed by atoms with Gasteiger partial charge in [-0.1, -0.05) is 23.8 Å². The summed E-state index contributed by atoms with van der Waals surface area (Å²) in [7, 11) is 0. The molecule has 0 saturated heterocycles. The molecule has 1 aromatic rings. The molecule has 0 aliphatic carbocycles. The lowest BCUT2D eigenvalue weighted by atomic mass is 10.1. The molecule has 1 aliphatic heterocycles. The van der Waals surface area contributed by atoms with Gasteiger partial charge in [-0.2, -0.15) is 0 Å². The van der Waals surface area contributed by atoms with E-state index >= 15 is 0 Å². The number of aromatic nitrogens is 1. The van der Waals surface area contributed by atoms with E-state index in [2.05, 4.69) is 22.5 Å². The molecule has 0 radical (unpaired) electrons. The summed E-state index contributed by atoms with van der Waals surface area (Å²) in [5.74, 6) is 0. The van der Waals surface area contributed by atoms with Gasteiger partial charge in [-0.3, -0.25) is 0 Å². The Labute approximate surface area is 76.6 Å². The Morgan fingerprint density at radius 1 is 1.50 bits per heavy atom. The molecule has 64 valence electrons. The van der Waals surface area contributed by atoms with Crippen LogP contribution in [-0.2, 0) is 0 Å². The van der Waals surface area contributed by atoms with Crippen LogP contribution in [0.3, 0.4) is 0 Å². The third-order valence-corrected chi connectivity index (χ3v) is 2.25. The molecule has 0 aromatic carbocycles. The minimum atomic E-state index is 0.336. The van der Waals surface area contributed by atoms with Crippen LogP contribution in [0.15, 0.2) is 24.4 Å². The molecule has 1 atom stereocenters. The maximum absolute atomic E-state index is 5.77. The van der Waals surface area contributed by atoms with Crippen molar-refractivity contribution in [1.29, 1.82) is 0 Å². The average Bonchev–Trinajstić information content (AvgIpc) is 2.54. The molecule has 0 bridgehead atoms. The van der Waals surface area contributed by atoms with E-state index < -0.39 is 0 Å². The Balaban J connectivity index is 2.18. The summed E-state index contributed by atoms with van der Waals surface area (Å²) in [6, 6.07) is 2.29. The van der Waals surface area contributed by atoms with Gasteiger partial charge in [0.1, 0.15) is 5.15 Å². The lowest BCUT2D eigenvalue weighted by Gasteiger charge is -2.16. The van der Waals surface area contributed by atoms with Crippen molar-refractivity contribution >= 4 is 11.6 Å². The lowest BCUT2D eigenvalue weighted by Crippen LogP contribution is -2.22. The van der Waals surface area contributed by atoms with Crippen LogP contribution in [-0.4, -0.2) is 11.5 Å². The Kier molecular flexibility index (Phi) is 2.19. The third-order valence-electron chi connectivity index (χ3n) is 2.03. The molecular formula is C9H11ClN2. The van der Waals surface area contributed by atoms with E-state index in [1.54, 1.807) is 0 Å². The highest BCUT2D eigenvalue weighted by Crippen LogP contribution is 2.20. The fourth-order valence-electron chi connectivity index (χ4n) is 1.41. The van der Waals surface area contributed by atoms with Gasteiger partial charge in [0.15, 0.2) is 0 Å². The van der Waals surface area contributed by atoms with Crippen LogP contribution >= 0.6 is 11.6 Å². The van der Waals surface area contributed by atoms with Crippen LogP contribution < -0.4 is 5.32 Å². The van der Waals surface area contributed by atoms with Gasteiger partial charge in [-0.05, 0) is 24.6 Å². The van der Waals surface area contributed by atoms with Gasteiger partial charge in [-0.15, -0.1) is 0 Å². The summed E-state index contributed by atoms with van der Waals surface area (Å²) < 4.78 is 0. The third kappa shape index (κ3) is 1.54. The minimum absolute atomic E-state index is 0.336. The van der Waals surface area contributed by atoms with E-state index in [4.69, 9.17) is 11.6 Å². The SMILES string of the molecule is Clc1cc(C2C=CCCN2)c[nH]1. The first-order valence-corrected chi connectivity index (χ1v) is 4.48. The zero-order chi connectivity index (χ0) is 8.39. The van der Waals surface area contributed by atoms with Crippen molar-refractivity contribution in [2.75, 3.05) is 6.54 Å². The monoisotopic (exact) mass is 182 g/mol. The topological polar surface area (TPSA) is 27.8 Å². The molecule has 1 unspecified atom stereocenters. The second kappa shape index (κ2) is 3.33. The predicted molar refractivity (Wildman–Crippen MR) is 50.3 cm³/mol. The summed E-state index contributed by atoms with van der Waals surface area (Å²) in [5.41, 5.74) is 1.20. The Morgan fingerprint density at radius 3 is 3.00 bits per heavy atom. The first-order valence-electron chi connectivity index (χ1n) is 4.10. The summed E-state index contributed by atoms with van der Waals surface area (Å²) in [6.07, 6.45) is 7.43. The number of halogens is 1. The number of nitrogens with one attached hydrogen (secondary N) is 2. The fraction of sp³-hybridized carbons (Fsp3) is 0.333. The Bertz CT molecular complexity index is 290. The number of hydrogen-bond donors (Lipinski definition) is 2. The largest absolute Gasteiger partial charge is 0.352 e. The molecule has 0 saturated carbocycles. The average molecular weight is 183 g/mol. The second-order valence-electron chi connectivity index (χ2n) is 2.93. The molecule has 2 N–H and O–H groups in total. The van der Waals surface area contributed by atoms with Crippen LogP contribution in [0.25, 0.3) is 0 Å². The van der Waals surface area contributed by atoms with Crippen molar-refractivity contribution in [3.05, 3.63) is 35.1 Å². The second-order valence-corrected chi connectivity index (χ2v) is 3.34. The molecule has 0 spiro atoms. The molecule has 2 heterocycles. The molecule has 3 heteroatoms. The van der Waals surface area contributed by atoms with E-state index in [9.17, 15) is 0 Å². The van der Waals surface area contributed by atoms with E-state index in [0.717, 1.165) is 13.0 Å². The van der Waals surface area contributed by atoms with Crippen LogP contribution in [0.2, 0.25) is 5.15 Å². The smallest absolute Gasteiger partial charge is 0.106 e. The molecule has 2 rings (SSSR count). The first-order chi connectivity index (χ1) is 5.86. The van der Waals surface area contributed by atoms with E-state index in [1.165, 1.54) is 5.56 Å². The van der Waals surface area contributed by atoms with Crippen molar-refractivity contribution in [1.82, 2.24) is 10.3 Å². The Morgan fingerprint density at radius 2 is 2.42 bits per heavy atom. The highest BCUT2D eigenvalue weighted by Gasteiger charge is 2.10. The van der Waals surface area contributed by atoms with Gasteiger partial charge < -0.3 is 10.3 Å². The van der Waals surface area contributed by atoms with E-state index in [0.29, 0.717) is 11.2 Å². The fourth-order valence-corrected chi connectivity index (χ4v) is 1.59. The number of H-pyrrole nitrogens is 1. The summed E-state index contributed by atoms with van der Waals surface area (Å²) in [5, 5.41) is 4.08. The van der Waals surface area contributed by atoms with Gasteiger partial charge in [0.05, 0.1) is 6.04 Å². The van der Waals surface area contributed by atoms with Gasteiger partial charge in [0.25, 0.3) is 0 Å². The van der Waals surface area contributed by atoms with Gasteiger partial charge >= 0.3 is 0 Å². The van der Waals surface area contributed by atoms with Crippen molar-refractivity contribution in [2.24, 2.45) is 0 Å². The zero-order valence-corrected chi connectivity index (χ0v) is 7.43. The van der Waals surface area contributed by atoms with Crippen molar-refractivity contribution in [2.45, 2.75) is 12.5 Å². The highest BCUT2D eigenvalue weighted by atomic mass is 35.5. The molecule has 2 nitrogen and oxygen atoms in total. The van der Waals surface area contributed by atoms with Gasteiger partial charge in [0, 0.05) is 6.20 Å². The molecule has 1 aliphatic rings. The number of hydrogen-bond acceptors (Lipinski definition) is 1. The molecule has 0 fully saturated rings. The van der Waals surface area contributed by atoms with Gasteiger partial charge in [0.2, 0.25) is 0 Å². The van der Waals surface area contributed by atoms with Crippen LogP contribution in [0.1, 0.15) is 18.0 Å². The van der Waals surface area contributed by atoms with Crippen molar-refractivity contribution in [3.63, 3.8) is 0 Å². The molecule has 12 heavy (non-hydrogen) atoms. The molecule has 1 aromatic heterocycles. The zero-order valence-electron chi connectivity index (χ0n) is 6.68. The molecular weight excluding hydrogens is 172 g/mol. The van der Waals surface area contributed by atoms with Gasteiger partial charge in [-0.25, -0.2) is 0 Å². The standard InChI is InChI=1S/C9H11ClN2/c10-9-5-7(6-12-9)8-3-1-2-4-11-8/h1,3,5-6,8,11-12H,2,4H2. The maximum atomic E-state index is 5.77. The number of rotatable bonds is 1.